The minimum absolute atomic E-state index is 0.640. The van der Waals surface area contributed by atoms with Gasteiger partial charge in [-0.1, -0.05) is 12.8 Å². The number of rotatable bonds is 7. The highest BCUT2D eigenvalue weighted by molar-refractivity contribution is 4.72. The number of nitrogens with one attached hydrogen (secondary N) is 1. The average Bonchev–Trinajstić information content (AvgIpc) is 2.80. The van der Waals surface area contributed by atoms with Gasteiger partial charge in [-0.3, -0.25) is 4.84 Å². The highest BCUT2D eigenvalue weighted by Crippen LogP contribution is 2.31. The molecule has 0 saturated heterocycles. The largest absolute Gasteiger partial charge is 0.382 e. The third-order valence-corrected chi connectivity index (χ3v) is 1.84. The molecule has 0 aromatic heterocycles. The first-order valence-corrected chi connectivity index (χ1v) is 4.27. The van der Waals surface area contributed by atoms with Crippen LogP contribution in [0.25, 0.3) is 0 Å². The van der Waals surface area contributed by atoms with Gasteiger partial charge < -0.3 is 4.74 Å². The van der Waals surface area contributed by atoms with Crippen LogP contribution in [0.3, 0.4) is 0 Å². The van der Waals surface area contributed by atoms with Gasteiger partial charge in [0.1, 0.15) is 0 Å². The molecule has 0 aromatic rings. The van der Waals surface area contributed by atoms with E-state index >= 15 is 0 Å². The smallest absolute Gasteiger partial charge is 0.0915 e. The highest BCUT2D eigenvalue weighted by atomic mass is 16.7. The van der Waals surface area contributed by atoms with Crippen molar-refractivity contribution in [2.24, 2.45) is 5.92 Å². The van der Waals surface area contributed by atoms with Crippen molar-refractivity contribution in [1.29, 1.82) is 0 Å². The van der Waals surface area contributed by atoms with Crippen LogP contribution < -0.4 is 5.48 Å². The number of methoxy groups -OCH3 is 1. The maximum absolute atomic E-state index is 5.08. The molecule has 0 atom stereocenters. The van der Waals surface area contributed by atoms with Crippen LogP contribution in [0.15, 0.2) is 0 Å². The Bertz CT molecular complexity index is 94.1. The van der Waals surface area contributed by atoms with Crippen molar-refractivity contribution < 1.29 is 9.57 Å². The molecule has 0 radical (unpaired) electrons. The van der Waals surface area contributed by atoms with E-state index in [1.54, 1.807) is 7.11 Å². The molecule has 0 unspecified atom stereocenters. The van der Waals surface area contributed by atoms with E-state index in [1.807, 2.05) is 0 Å². The molecule has 1 aliphatic carbocycles. The molecule has 0 spiro atoms. The zero-order valence-electron chi connectivity index (χ0n) is 7.14. The maximum Gasteiger partial charge on any atom is 0.0915 e. The van der Waals surface area contributed by atoms with E-state index in [0.29, 0.717) is 13.2 Å². The second-order valence-corrected chi connectivity index (χ2v) is 2.97. The number of hydrogen-bond donors (Lipinski definition) is 1. The molecule has 1 fully saturated rings. The predicted octanol–water partition coefficient (Wildman–Crippen LogP) is 0.954. The Labute approximate surface area is 68.0 Å². The second-order valence-electron chi connectivity index (χ2n) is 2.97. The quantitative estimate of drug-likeness (QED) is 0.443. The summed E-state index contributed by atoms with van der Waals surface area (Å²) < 4.78 is 4.82. The Hall–Kier alpha value is -0.120. The van der Waals surface area contributed by atoms with E-state index in [4.69, 9.17) is 9.57 Å². The second kappa shape index (κ2) is 5.52. The summed E-state index contributed by atoms with van der Waals surface area (Å²) in [6.45, 7) is 2.28. The van der Waals surface area contributed by atoms with Gasteiger partial charge in [0.05, 0.1) is 13.2 Å². The molecule has 1 N–H and O–H groups in total. The van der Waals surface area contributed by atoms with Crippen molar-refractivity contribution in [2.75, 3.05) is 26.9 Å². The van der Waals surface area contributed by atoms with Crippen LogP contribution >= 0.6 is 0 Å². The Balaban J connectivity index is 1.66. The summed E-state index contributed by atoms with van der Waals surface area (Å²) in [4.78, 5) is 5.08. The summed E-state index contributed by atoms with van der Waals surface area (Å²) in [6.07, 6.45) is 4.09. The Kier molecular flexibility index (Phi) is 4.50. The lowest BCUT2D eigenvalue weighted by molar-refractivity contribution is 0.00613. The minimum Gasteiger partial charge on any atom is -0.382 e. The molecule has 0 aromatic carbocycles. The third kappa shape index (κ3) is 5.18. The fraction of sp³-hybridized carbons (Fsp3) is 1.00. The van der Waals surface area contributed by atoms with E-state index in [1.165, 1.54) is 19.3 Å². The molecule has 3 nitrogen and oxygen atoms in total. The summed E-state index contributed by atoms with van der Waals surface area (Å²) in [5, 5.41) is 0. The number of hydroxylamine groups is 1. The zero-order valence-corrected chi connectivity index (χ0v) is 7.14. The van der Waals surface area contributed by atoms with Gasteiger partial charge in [-0.2, -0.15) is 0 Å². The normalized spacial score (nSPS) is 17.2. The van der Waals surface area contributed by atoms with Crippen LogP contribution in [0.1, 0.15) is 19.3 Å². The molecular formula is C8H17NO2. The van der Waals surface area contributed by atoms with E-state index in [2.05, 4.69) is 5.48 Å². The lowest BCUT2D eigenvalue weighted by Crippen LogP contribution is -2.19. The molecule has 0 amide bonds. The first-order valence-electron chi connectivity index (χ1n) is 4.27. The molecule has 11 heavy (non-hydrogen) atoms. The van der Waals surface area contributed by atoms with Crippen molar-refractivity contribution in [1.82, 2.24) is 5.48 Å². The van der Waals surface area contributed by atoms with Gasteiger partial charge in [0.25, 0.3) is 0 Å². The van der Waals surface area contributed by atoms with Gasteiger partial charge in [-0.15, -0.1) is 0 Å². The molecule has 3 heteroatoms. The van der Waals surface area contributed by atoms with Crippen LogP contribution in [0.4, 0.5) is 0 Å². The van der Waals surface area contributed by atoms with E-state index < -0.39 is 0 Å². The Morgan fingerprint density at radius 1 is 1.36 bits per heavy atom. The van der Waals surface area contributed by atoms with Crippen LogP contribution in [0.2, 0.25) is 0 Å². The molecule has 1 aliphatic rings. The van der Waals surface area contributed by atoms with Crippen molar-refractivity contribution >= 4 is 0 Å². The lowest BCUT2D eigenvalue weighted by atomic mass is 10.3. The van der Waals surface area contributed by atoms with E-state index in [-0.39, 0.29) is 0 Å². The monoisotopic (exact) mass is 159 g/mol. The van der Waals surface area contributed by atoms with Crippen molar-refractivity contribution in [3.8, 4) is 0 Å². The molecule has 0 aliphatic heterocycles. The third-order valence-electron chi connectivity index (χ3n) is 1.84. The number of hydrogen-bond acceptors (Lipinski definition) is 3. The summed E-state index contributed by atoms with van der Waals surface area (Å²) >= 11 is 0. The fourth-order valence-corrected chi connectivity index (χ4v) is 0.939. The van der Waals surface area contributed by atoms with E-state index in [9.17, 15) is 0 Å². The predicted molar refractivity (Wildman–Crippen MR) is 43.2 cm³/mol. The molecular weight excluding hydrogens is 142 g/mol. The Morgan fingerprint density at radius 3 is 2.82 bits per heavy atom. The van der Waals surface area contributed by atoms with Crippen LogP contribution in [0.5, 0.6) is 0 Å². The first-order chi connectivity index (χ1) is 5.43. The number of ether oxygens (including phenoxy) is 1. The lowest BCUT2D eigenvalue weighted by Gasteiger charge is -2.03. The molecule has 66 valence electrons. The molecule has 1 rings (SSSR count). The van der Waals surface area contributed by atoms with Gasteiger partial charge in [0, 0.05) is 13.7 Å². The SMILES string of the molecule is COCCONCCC1CC1. The standard InChI is InChI=1S/C8H17NO2/c1-10-6-7-11-9-5-4-8-2-3-8/h8-9H,2-7H2,1H3. The van der Waals surface area contributed by atoms with Gasteiger partial charge in [-0.25, -0.2) is 5.48 Å². The van der Waals surface area contributed by atoms with E-state index in [0.717, 1.165) is 12.5 Å². The molecule has 1 saturated carbocycles. The summed E-state index contributed by atoms with van der Waals surface area (Å²) in [7, 11) is 1.67. The average molecular weight is 159 g/mol. The molecule has 0 heterocycles. The fourth-order valence-electron chi connectivity index (χ4n) is 0.939. The zero-order chi connectivity index (χ0) is 7.94. The van der Waals surface area contributed by atoms with Gasteiger partial charge >= 0.3 is 0 Å². The van der Waals surface area contributed by atoms with Gasteiger partial charge in [0.15, 0.2) is 0 Å². The summed E-state index contributed by atoms with van der Waals surface area (Å²) in [6, 6.07) is 0. The van der Waals surface area contributed by atoms with Gasteiger partial charge in [0.2, 0.25) is 0 Å². The first kappa shape index (κ1) is 8.97. The highest BCUT2D eigenvalue weighted by Gasteiger charge is 2.19. The van der Waals surface area contributed by atoms with Crippen LogP contribution in [-0.4, -0.2) is 26.9 Å². The van der Waals surface area contributed by atoms with Gasteiger partial charge in [-0.05, 0) is 12.3 Å². The van der Waals surface area contributed by atoms with Crippen LogP contribution in [0, 0.1) is 5.92 Å². The molecule has 0 bridgehead atoms. The van der Waals surface area contributed by atoms with Crippen molar-refractivity contribution in [3.05, 3.63) is 0 Å². The summed E-state index contributed by atoms with van der Waals surface area (Å²) in [5.41, 5.74) is 2.91. The minimum atomic E-state index is 0.640. The Morgan fingerprint density at radius 2 is 2.18 bits per heavy atom. The van der Waals surface area contributed by atoms with Crippen LogP contribution in [-0.2, 0) is 9.57 Å². The summed E-state index contributed by atoms with van der Waals surface area (Å²) in [5.74, 6) is 0.980. The van der Waals surface area contributed by atoms with Crippen molar-refractivity contribution in [2.45, 2.75) is 19.3 Å². The topological polar surface area (TPSA) is 30.5 Å². The maximum atomic E-state index is 5.08. The van der Waals surface area contributed by atoms with Crippen molar-refractivity contribution in [3.63, 3.8) is 0 Å².